The zero-order chi connectivity index (χ0) is 12.5. The zero-order valence-electron chi connectivity index (χ0n) is 10.6. The minimum absolute atomic E-state index is 0.214. The van der Waals surface area contributed by atoms with E-state index in [2.05, 4.69) is 0 Å². The minimum Gasteiger partial charge on any atom is -0.341 e. The third kappa shape index (κ3) is 5.50. The minimum atomic E-state index is 0.214. The Morgan fingerprint density at radius 3 is 2.53 bits per heavy atom. The summed E-state index contributed by atoms with van der Waals surface area (Å²) in [6.45, 7) is 1.41. The van der Waals surface area contributed by atoms with Crippen molar-refractivity contribution in [3.05, 3.63) is 35.9 Å². The predicted molar refractivity (Wildman–Crippen MR) is 70.4 cm³/mol. The van der Waals surface area contributed by atoms with E-state index in [1.807, 2.05) is 37.4 Å². The van der Waals surface area contributed by atoms with Crippen molar-refractivity contribution in [3.8, 4) is 0 Å². The van der Waals surface area contributed by atoms with Crippen LogP contribution < -0.4 is 5.73 Å². The number of nitrogens with zero attached hydrogens (tertiary/aromatic N) is 1. The van der Waals surface area contributed by atoms with E-state index in [1.165, 1.54) is 5.56 Å². The van der Waals surface area contributed by atoms with Crippen LogP contribution in [0.1, 0.15) is 31.2 Å². The molecule has 0 aliphatic heterocycles. The van der Waals surface area contributed by atoms with Gasteiger partial charge in [-0.2, -0.15) is 0 Å². The molecule has 1 aromatic carbocycles. The van der Waals surface area contributed by atoms with Gasteiger partial charge in [-0.05, 0) is 24.9 Å². The van der Waals surface area contributed by atoms with Crippen LogP contribution in [0.4, 0.5) is 0 Å². The molecule has 1 rings (SSSR count). The second-order valence-corrected chi connectivity index (χ2v) is 4.33. The number of hydrogen-bond acceptors (Lipinski definition) is 2. The molecule has 0 bridgehead atoms. The van der Waals surface area contributed by atoms with Crippen molar-refractivity contribution < 1.29 is 4.79 Å². The third-order valence-electron chi connectivity index (χ3n) is 2.78. The van der Waals surface area contributed by atoms with Gasteiger partial charge < -0.3 is 10.6 Å². The smallest absolute Gasteiger partial charge is 0.222 e. The van der Waals surface area contributed by atoms with E-state index in [1.54, 1.807) is 4.90 Å². The molecule has 3 heteroatoms. The lowest BCUT2D eigenvalue weighted by atomic mass is 10.1. The molecule has 0 aliphatic rings. The number of amides is 1. The fraction of sp³-hybridized carbons (Fsp3) is 0.500. The molecule has 0 radical (unpaired) electrons. The van der Waals surface area contributed by atoms with Crippen LogP contribution in [-0.4, -0.2) is 24.4 Å². The highest BCUT2D eigenvalue weighted by Gasteiger charge is 2.08. The Morgan fingerprint density at radius 2 is 1.88 bits per heavy atom. The maximum absolute atomic E-state index is 11.8. The quantitative estimate of drug-likeness (QED) is 0.735. The van der Waals surface area contributed by atoms with Crippen molar-refractivity contribution in [1.82, 2.24) is 4.90 Å². The first kappa shape index (κ1) is 13.7. The first-order valence-electron chi connectivity index (χ1n) is 6.22. The van der Waals surface area contributed by atoms with E-state index >= 15 is 0 Å². The first-order valence-corrected chi connectivity index (χ1v) is 6.22. The number of unbranched alkanes of at least 4 members (excludes halogenated alkanes) is 2. The molecule has 0 fully saturated rings. The van der Waals surface area contributed by atoms with E-state index in [0.29, 0.717) is 19.5 Å². The lowest BCUT2D eigenvalue weighted by Crippen LogP contribution is -2.25. The Kier molecular flexibility index (Phi) is 6.33. The van der Waals surface area contributed by atoms with Gasteiger partial charge in [-0.3, -0.25) is 4.79 Å². The van der Waals surface area contributed by atoms with Crippen LogP contribution >= 0.6 is 0 Å². The van der Waals surface area contributed by atoms with Crippen LogP contribution in [-0.2, 0) is 11.3 Å². The highest BCUT2D eigenvalue weighted by molar-refractivity contribution is 5.75. The number of hydrogen-bond donors (Lipinski definition) is 1. The lowest BCUT2D eigenvalue weighted by molar-refractivity contribution is -0.130. The van der Waals surface area contributed by atoms with Gasteiger partial charge in [-0.1, -0.05) is 36.8 Å². The van der Waals surface area contributed by atoms with E-state index in [4.69, 9.17) is 5.73 Å². The maximum atomic E-state index is 11.8. The van der Waals surface area contributed by atoms with Crippen LogP contribution in [0.3, 0.4) is 0 Å². The zero-order valence-corrected chi connectivity index (χ0v) is 10.6. The average Bonchev–Trinajstić information content (AvgIpc) is 2.35. The van der Waals surface area contributed by atoms with Crippen LogP contribution in [0.15, 0.2) is 30.3 Å². The molecule has 94 valence electrons. The highest BCUT2D eigenvalue weighted by Crippen LogP contribution is 2.06. The summed E-state index contributed by atoms with van der Waals surface area (Å²) in [5, 5.41) is 0. The van der Waals surface area contributed by atoms with Gasteiger partial charge in [0.2, 0.25) is 5.91 Å². The van der Waals surface area contributed by atoms with E-state index in [0.717, 1.165) is 19.3 Å². The summed E-state index contributed by atoms with van der Waals surface area (Å²) < 4.78 is 0. The number of rotatable bonds is 7. The van der Waals surface area contributed by atoms with Crippen molar-refractivity contribution in [1.29, 1.82) is 0 Å². The van der Waals surface area contributed by atoms with Crippen molar-refractivity contribution in [2.75, 3.05) is 13.6 Å². The largest absolute Gasteiger partial charge is 0.341 e. The molecule has 0 aliphatic carbocycles. The topological polar surface area (TPSA) is 46.3 Å². The summed E-state index contributed by atoms with van der Waals surface area (Å²) >= 11 is 0. The van der Waals surface area contributed by atoms with E-state index in [-0.39, 0.29) is 5.91 Å². The standard InChI is InChI=1S/C14H22N2O/c1-16(12-13-8-4-2-5-9-13)14(17)10-6-3-7-11-15/h2,4-5,8-9H,3,6-7,10-12,15H2,1H3. The van der Waals surface area contributed by atoms with Crippen LogP contribution in [0.5, 0.6) is 0 Å². The Balaban J connectivity index is 2.27. The van der Waals surface area contributed by atoms with Crippen molar-refractivity contribution in [3.63, 3.8) is 0 Å². The number of carbonyl (C=O) groups excluding carboxylic acids is 1. The molecule has 3 nitrogen and oxygen atoms in total. The molecule has 0 unspecified atom stereocenters. The first-order chi connectivity index (χ1) is 8.24. The third-order valence-corrected chi connectivity index (χ3v) is 2.78. The molecular weight excluding hydrogens is 212 g/mol. The van der Waals surface area contributed by atoms with Crippen LogP contribution in [0, 0.1) is 0 Å². The number of carbonyl (C=O) groups is 1. The van der Waals surface area contributed by atoms with E-state index in [9.17, 15) is 4.79 Å². The van der Waals surface area contributed by atoms with Gasteiger partial charge in [-0.25, -0.2) is 0 Å². The monoisotopic (exact) mass is 234 g/mol. The maximum Gasteiger partial charge on any atom is 0.222 e. The highest BCUT2D eigenvalue weighted by atomic mass is 16.2. The summed E-state index contributed by atoms with van der Waals surface area (Å²) in [6, 6.07) is 10.1. The predicted octanol–water partition coefficient (Wildman–Crippen LogP) is 2.16. The van der Waals surface area contributed by atoms with Gasteiger partial charge in [0.1, 0.15) is 0 Å². The summed E-state index contributed by atoms with van der Waals surface area (Å²) in [5.41, 5.74) is 6.58. The van der Waals surface area contributed by atoms with Crippen LogP contribution in [0.25, 0.3) is 0 Å². The second-order valence-electron chi connectivity index (χ2n) is 4.33. The molecule has 0 saturated carbocycles. The Hall–Kier alpha value is -1.35. The van der Waals surface area contributed by atoms with Gasteiger partial charge in [0.25, 0.3) is 0 Å². The summed E-state index contributed by atoms with van der Waals surface area (Å²) in [4.78, 5) is 13.6. The fourth-order valence-corrected chi connectivity index (χ4v) is 1.73. The number of nitrogens with two attached hydrogens (primary N) is 1. The summed E-state index contributed by atoms with van der Waals surface area (Å²) in [5.74, 6) is 0.214. The van der Waals surface area contributed by atoms with Crippen LogP contribution in [0.2, 0.25) is 0 Å². The molecule has 0 heterocycles. The second kappa shape index (κ2) is 7.85. The number of benzene rings is 1. The van der Waals surface area contributed by atoms with Gasteiger partial charge in [0.05, 0.1) is 0 Å². The van der Waals surface area contributed by atoms with Gasteiger partial charge in [-0.15, -0.1) is 0 Å². The Bertz CT molecular complexity index is 324. The molecular formula is C14H22N2O. The Morgan fingerprint density at radius 1 is 1.18 bits per heavy atom. The molecule has 2 N–H and O–H groups in total. The molecule has 1 amide bonds. The van der Waals surface area contributed by atoms with E-state index < -0.39 is 0 Å². The normalized spacial score (nSPS) is 10.2. The molecule has 0 aromatic heterocycles. The van der Waals surface area contributed by atoms with Gasteiger partial charge in [0.15, 0.2) is 0 Å². The molecule has 0 atom stereocenters. The van der Waals surface area contributed by atoms with Gasteiger partial charge in [0, 0.05) is 20.0 Å². The fourth-order valence-electron chi connectivity index (χ4n) is 1.73. The van der Waals surface area contributed by atoms with Crippen molar-refractivity contribution in [2.45, 2.75) is 32.2 Å². The van der Waals surface area contributed by atoms with Crippen molar-refractivity contribution >= 4 is 5.91 Å². The SMILES string of the molecule is CN(Cc1ccccc1)C(=O)CCCCCN. The lowest BCUT2D eigenvalue weighted by Gasteiger charge is -2.17. The molecule has 0 spiro atoms. The molecule has 1 aromatic rings. The van der Waals surface area contributed by atoms with Gasteiger partial charge >= 0.3 is 0 Å². The summed E-state index contributed by atoms with van der Waals surface area (Å²) in [6.07, 6.45) is 3.62. The summed E-state index contributed by atoms with van der Waals surface area (Å²) in [7, 11) is 1.86. The molecule has 17 heavy (non-hydrogen) atoms. The average molecular weight is 234 g/mol. The Labute approximate surface area is 104 Å². The van der Waals surface area contributed by atoms with Crippen molar-refractivity contribution in [2.24, 2.45) is 5.73 Å². The molecule has 0 saturated heterocycles.